The molecule has 1 saturated carbocycles. The number of carbonyl (C=O) groups excluding carboxylic acids is 1. The van der Waals surface area contributed by atoms with Crippen LogP contribution < -0.4 is 0 Å². The summed E-state index contributed by atoms with van der Waals surface area (Å²) in [5.41, 5.74) is 3.29. The minimum absolute atomic E-state index is 0.226. The topological polar surface area (TPSA) is 54.4 Å². The monoisotopic (exact) mass is 352 g/mol. The number of rotatable bonds is 4. The molecule has 3 nitrogen and oxygen atoms in total. The van der Waals surface area contributed by atoms with E-state index in [4.69, 9.17) is 0 Å². The molecule has 0 aromatic heterocycles. The van der Waals surface area contributed by atoms with Crippen LogP contribution in [0.2, 0.25) is 0 Å². The van der Waals surface area contributed by atoms with Gasteiger partial charge in [0.1, 0.15) is 0 Å². The molecule has 2 aliphatic rings. The lowest BCUT2D eigenvalue weighted by molar-refractivity contribution is -0.149. The number of hydrogen-bond donors (Lipinski definition) is 1. The van der Waals surface area contributed by atoms with Crippen molar-refractivity contribution in [3.05, 3.63) is 70.8 Å². The third kappa shape index (κ3) is 2.71. The number of carboxylic acids is 1. The molecule has 0 bridgehead atoms. The first kappa shape index (κ1) is 16.5. The second kappa shape index (κ2) is 6.07. The van der Waals surface area contributed by atoms with Gasteiger partial charge < -0.3 is 5.11 Å². The minimum Gasteiger partial charge on any atom is -0.481 e. The third-order valence-corrected chi connectivity index (χ3v) is 7.85. The Hall–Kier alpha value is -1.99. The van der Waals surface area contributed by atoms with Crippen molar-refractivity contribution in [3.63, 3.8) is 0 Å². The van der Waals surface area contributed by atoms with Gasteiger partial charge in [-0.25, -0.2) is 0 Å². The van der Waals surface area contributed by atoms with Gasteiger partial charge in [0.05, 0.1) is 5.41 Å². The maximum Gasteiger partial charge on any atom is 0.314 e. The molecule has 0 saturated heterocycles. The summed E-state index contributed by atoms with van der Waals surface area (Å²) in [6.07, 6.45) is 2.94. The normalized spacial score (nSPS) is 27.6. The number of benzene rings is 2. The van der Waals surface area contributed by atoms with E-state index in [1.54, 1.807) is 0 Å². The van der Waals surface area contributed by atoms with Crippen LogP contribution >= 0.6 is 7.92 Å². The predicted molar refractivity (Wildman–Crippen MR) is 99.3 cm³/mol. The van der Waals surface area contributed by atoms with Crippen LogP contribution in [0, 0.1) is 5.92 Å². The SMILES string of the molecule is CC1CC(C(=O)O)(c2ccc3c(c2)C(=O)P(Cc2ccccc2)C3)C1. The summed E-state index contributed by atoms with van der Waals surface area (Å²) in [5.74, 6) is -0.335. The summed E-state index contributed by atoms with van der Waals surface area (Å²) in [5, 5.41) is 9.74. The lowest BCUT2D eigenvalue weighted by Gasteiger charge is -2.43. The van der Waals surface area contributed by atoms with Crippen molar-refractivity contribution in [2.45, 2.75) is 37.5 Å². The summed E-state index contributed by atoms with van der Waals surface area (Å²) in [7, 11) is -0.754. The van der Waals surface area contributed by atoms with Crippen molar-refractivity contribution in [2.75, 3.05) is 0 Å². The maximum absolute atomic E-state index is 12.9. The van der Waals surface area contributed by atoms with Crippen LogP contribution in [0.5, 0.6) is 0 Å². The molecule has 1 fully saturated rings. The first-order valence-electron chi connectivity index (χ1n) is 8.69. The zero-order valence-electron chi connectivity index (χ0n) is 14.2. The fourth-order valence-corrected chi connectivity index (χ4v) is 6.54. The van der Waals surface area contributed by atoms with Gasteiger partial charge >= 0.3 is 5.97 Å². The molecule has 2 aromatic carbocycles. The van der Waals surface area contributed by atoms with Gasteiger partial charge in [-0.1, -0.05) is 49.4 Å². The number of carbonyl (C=O) groups is 2. The van der Waals surface area contributed by atoms with Gasteiger partial charge in [0.2, 0.25) is 0 Å². The standard InChI is InChI=1S/C21H21O3P/c1-14-10-21(11-14,20(23)24)17-8-7-16-13-25(19(22)18(16)9-17)12-15-5-3-2-4-6-15/h2-9,14H,10-13H2,1H3,(H,23,24). The smallest absolute Gasteiger partial charge is 0.314 e. The molecule has 0 radical (unpaired) electrons. The molecule has 25 heavy (non-hydrogen) atoms. The molecule has 1 heterocycles. The van der Waals surface area contributed by atoms with Crippen molar-refractivity contribution in [2.24, 2.45) is 5.92 Å². The third-order valence-electron chi connectivity index (χ3n) is 5.56. The molecule has 1 unspecified atom stereocenters. The highest BCUT2D eigenvalue weighted by molar-refractivity contribution is 7.74. The molecule has 4 rings (SSSR count). The van der Waals surface area contributed by atoms with E-state index >= 15 is 0 Å². The first-order valence-corrected chi connectivity index (χ1v) is 10.4. The Balaban J connectivity index is 1.61. The van der Waals surface area contributed by atoms with E-state index in [2.05, 4.69) is 19.1 Å². The van der Waals surface area contributed by atoms with Gasteiger partial charge in [0.15, 0.2) is 5.52 Å². The Morgan fingerprint density at radius 2 is 1.92 bits per heavy atom. The minimum atomic E-state index is -0.792. The molecule has 4 heteroatoms. The van der Waals surface area contributed by atoms with E-state index in [1.807, 2.05) is 36.4 Å². The summed E-state index contributed by atoms with van der Waals surface area (Å²) in [6, 6.07) is 15.9. The molecule has 1 aliphatic carbocycles. The van der Waals surface area contributed by atoms with Crippen molar-refractivity contribution >= 4 is 19.4 Å². The van der Waals surface area contributed by atoms with Gasteiger partial charge in [0, 0.05) is 17.9 Å². The zero-order chi connectivity index (χ0) is 17.6. The Morgan fingerprint density at radius 1 is 1.20 bits per heavy atom. The summed E-state index contributed by atoms with van der Waals surface area (Å²) in [6.45, 7) is 2.08. The summed E-state index contributed by atoms with van der Waals surface area (Å²) in [4.78, 5) is 24.8. The Labute approximate surface area is 148 Å². The highest BCUT2D eigenvalue weighted by Gasteiger charge is 2.50. The molecule has 1 atom stereocenters. The van der Waals surface area contributed by atoms with Crippen LogP contribution in [0.4, 0.5) is 0 Å². The van der Waals surface area contributed by atoms with Crippen LogP contribution in [-0.4, -0.2) is 16.6 Å². The van der Waals surface area contributed by atoms with E-state index in [1.165, 1.54) is 5.56 Å². The fraction of sp³-hybridized carbons (Fsp3) is 0.333. The Morgan fingerprint density at radius 3 is 2.56 bits per heavy atom. The summed E-state index contributed by atoms with van der Waals surface area (Å²) < 4.78 is 0. The quantitative estimate of drug-likeness (QED) is 0.806. The predicted octanol–water partition coefficient (Wildman–Crippen LogP) is 4.77. The number of fused-ring (bicyclic) bond motifs is 1. The van der Waals surface area contributed by atoms with Gasteiger partial charge in [-0.05, 0) is 49.4 Å². The molecule has 1 N–H and O–H groups in total. The Kier molecular flexibility index (Phi) is 4.00. The number of hydrogen-bond acceptors (Lipinski definition) is 2. The van der Waals surface area contributed by atoms with E-state index in [0.717, 1.165) is 29.0 Å². The van der Waals surface area contributed by atoms with Crippen molar-refractivity contribution in [1.29, 1.82) is 0 Å². The molecule has 128 valence electrons. The lowest BCUT2D eigenvalue weighted by Crippen LogP contribution is -2.47. The van der Waals surface area contributed by atoms with Gasteiger partial charge in [-0.3, -0.25) is 9.59 Å². The van der Waals surface area contributed by atoms with E-state index in [9.17, 15) is 14.7 Å². The average molecular weight is 352 g/mol. The molecular weight excluding hydrogens is 331 g/mol. The maximum atomic E-state index is 12.9. The average Bonchev–Trinajstić information content (AvgIpc) is 2.88. The van der Waals surface area contributed by atoms with Crippen LogP contribution in [0.25, 0.3) is 0 Å². The van der Waals surface area contributed by atoms with Crippen molar-refractivity contribution in [3.8, 4) is 0 Å². The van der Waals surface area contributed by atoms with Gasteiger partial charge in [-0.2, -0.15) is 0 Å². The second-order valence-corrected chi connectivity index (χ2v) is 9.54. The Bertz CT molecular complexity index is 837. The number of aliphatic carboxylic acids is 1. The summed E-state index contributed by atoms with van der Waals surface area (Å²) >= 11 is 0. The van der Waals surface area contributed by atoms with Gasteiger partial charge in [0.25, 0.3) is 0 Å². The largest absolute Gasteiger partial charge is 0.481 e. The van der Waals surface area contributed by atoms with Crippen molar-refractivity contribution in [1.82, 2.24) is 0 Å². The molecular formula is C21H21O3P. The fourth-order valence-electron chi connectivity index (χ4n) is 4.25. The lowest BCUT2D eigenvalue weighted by atomic mass is 9.59. The van der Waals surface area contributed by atoms with Crippen LogP contribution in [-0.2, 0) is 22.5 Å². The van der Waals surface area contributed by atoms with Crippen LogP contribution in [0.1, 0.15) is 46.8 Å². The van der Waals surface area contributed by atoms with E-state index < -0.39 is 19.3 Å². The molecule has 2 aromatic rings. The van der Waals surface area contributed by atoms with E-state index in [-0.39, 0.29) is 5.52 Å². The zero-order valence-corrected chi connectivity index (χ0v) is 15.1. The van der Waals surface area contributed by atoms with Crippen LogP contribution in [0.3, 0.4) is 0 Å². The van der Waals surface area contributed by atoms with Crippen LogP contribution in [0.15, 0.2) is 48.5 Å². The molecule has 0 amide bonds. The molecule has 0 spiro atoms. The number of carboxylic acid groups (broad SMARTS) is 1. The van der Waals surface area contributed by atoms with E-state index in [0.29, 0.717) is 18.8 Å². The highest BCUT2D eigenvalue weighted by atomic mass is 31.1. The van der Waals surface area contributed by atoms with Gasteiger partial charge in [-0.15, -0.1) is 0 Å². The highest BCUT2D eigenvalue weighted by Crippen LogP contribution is 2.54. The van der Waals surface area contributed by atoms with Crippen molar-refractivity contribution < 1.29 is 14.7 Å². The first-order chi connectivity index (χ1) is 12.0. The second-order valence-electron chi connectivity index (χ2n) is 7.42. The molecule has 1 aliphatic heterocycles.